The van der Waals surface area contributed by atoms with Crippen LogP contribution in [0.5, 0.6) is 0 Å². The summed E-state index contributed by atoms with van der Waals surface area (Å²) in [7, 11) is 0. The van der Waals surface area contributed by atoms with E-state index in [1.54, 1.807) is 6.07 Å². The van der Waals surface area contributed by atoms with Crippen molar-refractivity contribution in [1.29, 1.82) is 0 Å². The third kappa shape index (κ3) is 2.67. The van der Waals surface area contributed by atoms with Crippen molar-refractivity contribution >= 4 is 34.5 Å². The predicted octanol–water partition coefficient (Wildman–Crippen LogP) is 3.19. The molecule has 1 amide bonds. The number of benzene rings is 1. The monoisotopic (exact) mass is 306 g/mol. The molecule has 20 heavy (non-hydrogen) atoms. The molecule has 0 fully saturated rings. The number of amides is 1. The summed E-state index contributed by atoms with van der Waals surface area (Å²) in [5.74, 6) is -0.0857. The molecule has 0 unspecified atom stereocenters. The summed E-state index contributed by atoms with van der Waals surface area (Å²) in [6.07, 6.45) is 1.08. The van der Waals surface area contributed by atoms with Gasteiger partial charge in [0, 0.05) is 25.3 Å². The molecular weight excluding hydrogens is 292 g/mol. The highest BCUT2D eigenvalue weighted by atomic mass is 35.5. The van der Waals surface area contributed by atoms with Crippen LogP contribution in [0.15, 0.2) is 35.7 Å². The van der Waals surface area contributed by atoms with Crippen molar-refractivity contribution in [3.05, 3.63) is 51.2 Å². The van der Waals surface area contributed by atoms with Crippen LogP contribution in [-0.2, 0) is 6.42 Å². The van der Waals surface area contributed by atoms with Crippen LogP contribution in [0.3, 0.4) is 0 Å². The van der Waals surface area contributed by atoms with Crippen LogP contribution in [0.1, 0.15) is 15.2 Å². The van der Waals surface area contributed by atoms with Gasteiger partial charge in [0.2, 0.25) is 0 Å². The maximum Gasteiger partial charge on any atom is 0.262 e. The summed E-state index contributed by atoms with van der Waals surface area (Å²) in [6, 6.07) is 10.2. The lowest BCUT2D eigenvalue weighted by atomic mass is 10.2. The first kappa shape index (κ1) is 13.5. The molecule has 0 spiro atoms. The van der Waals surface area contributed by atoms with E-state index in [4.69, 9.17) is 11.6 Å². The van der Waals surface area contributed by atoms with E-state index in [2.05, 4.69) is 34.5 Å². The van der Waals surface area contributed by atoms with Gasteiger partial charge in [-0.25, -0.2) is 0 Å². The number of nitrogens with one attached hydrogen (secondary N) is 1. The second-order valence-corrected chi connectivity index (χ2v) is 6.04. The number of nitrogens with zero attached hydrogens (tertiary/aromatic N) is 1. The largest absolute Gasteiger partial charge is 0.369 e. The summed E-state index contributed by atoms with van der Waals surface area (Å²) in [5.41, 5.74) is 2.68. The lowest BCUT2D eigenvalue weighted by Gasteiger charge is -2.19. The number of anilines is 1. The molecule has 3 rings (SSSR count). The Morgan fingerprint density at radius 3 is 3.00 bits per heavy atom. The molecule has 3 nitrogen and oxygen atoms in total. The van der Waals surface area contributed by atoms with Gasteiger partial charge in [0.1, 0.15) is 4.88 Å². The van der Waals surface area contributed by atoms with Crippen molar-refractivity contribution in [3.63, 3.8) is 0 Å². The predicted molar refractivity (Wildman–Crippen MR) is 84.0 cm³/mol. The zero-order valence-corrected chi connectivity index (χ0v) is 12.5. The first-order valence-corrected chi connectivity index (χ1v) is 7.85. The highest BCUT2D eigenvalue weighted by Gasteiger charge is 2.18. The Bertz CT molecular complexity index is 626. The minimum absolute atomic E-state index is 0.0857. The molecule has 0 saturated heterocycles. The van der Waals surface area contributed by atoms with Crippen molar-refractivity contribution in [2.75, 3.05) is 24.5 Å². The van der Waals surface area contributed by atoms with Crippen molar-refractivity contribution in [1.82, 2.24) is 5.32 Å². The number of fused-ring (bicyclic) bond motifs is 1. The van der Waals surface area contributed by atoms with Crippen LogP contribution in [-0.4, -0.2) is 25.5 Å². The van der Waals surface area contributed by atoms with Crippen molar-refractivity contribution in [2.45, 2.75) is 6.42 Å². The summed E-state index contributed by atoms with van der Waals surface area (Å²) in [5, 5.41) is 5.28. The Balaban J connectivity index is 1.54. The number of hydrogen-bond acceptors (Lipinski definition) is 3. The van der Waals surface area contributed by atoms with Crippen molar-refractivity contribution in [3.8, 4) is 0 Å². The standard InChI is InChI=1S/C15H15ClN2OS/c16-12-6-10-20-14(12)15(19)17-7-9-18-8-5-11-3-1-2-4-13(11)18/h1-4,6,10H,5,7-9H2,(H,17,19). The third-order valence-corrected chi connectivity index (χ3v) is 4.81. The van der Waals surface area contributed by atoms with E-state index in [-0.39, 0.29) is 5.91 Å². The van der Waals surface area contributed by atoms with E-state index < -0.39 is 0 Å². The van der Waals surface area contributed by atoms with Gasteiger partial charge in [-0.3, -0.25) is 4.79 Å². The number of halogens is 1. The minimum atomic E-state index is -0.0857. The molecule has 1 aliphatic heterocycles. The van der Waals surface area contributed by atoms with Crippen molar-refractivity contribution < 1.29 is 4.79 Å². The first-order chi connectivity index (χ1) is 9.75. The second kappa shape index (κ2) is 5.85. The first-order valence-electron chi connectivity index (χ1n) is 6.60. The molecule has 1 aromatic carbocycles. The highest BCUT2D eigenvalue weighted by molar-refractivity contribution is 7.12. The Hall–Kier alpha value is -1.52. The Kier molecular flexibility index (Phi) is 3.94. The maximum atomic E-state index is 11.9. The van der Waals surface area contributed by atoms with E-state index in [0.29, 0.717) is 16.4 Å². The number of carbonyl (C=O) groups is 1. The van der Waals surface area contributed by atoms with E-state index >= 15 is 0 Å². The van der Waals surface area contributed by atoms with Crippen LogP contribution < -0.4 is 10.2 Å². The topological polar surface area (TPSA) is 32.3 Å². The number of thiophene rings is 1. The van der Waals surface area contributed by atoms with Gasteiger partial charge in [0.05, 0.1) is 5.02 Å². The van der Waals surface area contributed by atoms with Gasteiger partial charge in [-0.2, -0.15) is 0 Å². The van der Waals surface area contributed by atoms with Gasteiger partial charge < -0.3 is 10.2 Å². The summed E-state index contributed by atoms with van der Waals surface area (Å²) < 4.78 is 0. The number of para-hydroxylation sites is 1. The zero-order chi connectivity index (χ0) is 13.9. The summed E-state index contributed by atoms with van der Waals surface area (Å²) in [4.78, 5) is 14.8. The van der Waals surface area contributed by atoms with E-state index in [1.807, 2.05) is 5.38 Å². The Morgan fingerprint density at radius 1 is 1.35 bits per heavy atom. The molecular formula is C15H15ClN2OS. The second-order valence-electron chi connectivity index (χ2n) is 4.72. The molecule has 104 valence electrons. The molecule has 2 aromatic rings. The number of hydrogen-bond donors (Lipinski definition) is 1. The molecule has 0 bridgehead atoms. The zero-order valence-electron chi connectivity index (χ0n) is 10.9. The fourth-order valence-corrected chi connectivity index (χ4v) is 3.54. The quantitative estimate of drug-likeness (QED) is 0.941. The van der Waals surface area contributed by atoms with Gasteiger partial charge in [-0.05, 0) is 29.5 Å². The maximum absolute atomic E-state index is 11.9. The molecule has 5 heteroatoms. The smallest absolute Gasteiger partial charge is 0.262 e. The molecule has 1 aliphatic rings. The van der Waals surface area contributed by atoms with Crippen LogP contribution in [0.2, 0.25) is 5.02 Å². The van der Waals surface area contributed by atoms with Crippen LogP contribution in [0, 0.1) is 0 Å². The normalized spacial score (nSPS) is 13.3. The fourth-order valence-electron chi connectivity index (χ4n) is 2.48. The lowest BCUT2D eigenvalue weighted by molar-refractivity contribution is 0.0959. The van der Waals surface area contributed by atoms with Crippen molar-refractivity contribution in [2.24, 2.45) is 0 Å². The summed E-state index contributed by atoms with van der Waals surface area (Å²) >= 11 is 7.32. The van der Waals surface area contributed by atoms with Gasteiger partial charge in [-0.15, -0.1) is 11.3 Å². The van der Waals surface area contributed by atoms with Crippen LogP contribution >= 0.6 is 22.9 Å². The highest BCUT2D eigenvalue weighted by Crippen LogP contribution is 2.26. The average molecular weight is 307 g/mol. The van der Waals surface area contributed by atoms with E-state index in [9.17, 15) is 4.79 Å². The van der Waals surface area contributed by atoms with Gasteiger partial charge in [0.25, 0.3) is 5.91 Å². The Labute approximate surface area is 127 Å². The minimum Gasteiger partial charge on any atom is -0.369 e. The molecule has 0 radical (unpaired) electrons. The summed E-state index contributed by atoms with van der Waals surface area (Å²) in [6.45, 7) is 2.47. The van der Waals surface area contributed by atoms with Gasteiger partial charge in [-0.1, -0.05) is 29.8 Å². The van der Waals surface area contributed by atoms with Crippen LogP contribution in [0.25, 0.3) is 0 Å². The van der Waals surface area contributed by atoms with Crippen LogP contribution in [0.4, 0.5) is 5.69 Å². The average Bonchev–Trinajstić information content (AvgIpc) is 3.05. The van der Waals surface area contributed by atoms with E-state index in [1.165, 1.54) is 22.6 Å². The SMILES string of the molecule is O=C(NCCN1CCc2ccccc21)c1sccc1Cl. The molecule has 1 N–H and O–H groups in total. The van der Waals surface area contributed by atoms with E-state index in [0.717, 1.165) is 19.5 Å². The fraction of sp³-hybridized carbons (Fsp3) is 0.267. The molecule has 0 aliphatic carbocycles. The van der Waals surface area contributed by atoms with Gasteiger partial charge in [0.15, 0.2) is 0 Å². The molecule has 1 aromatic heterocycles. The Morgan fingerprint density at radius 2 is 2.20 bits per heavy atom. The molecule has 0 saturated carbocycles. The third-order valence-electron chi connectivity index (χ3n) is 3.47. The number of rotatable bonds is 4. The van der Waals surface area contributed by atoms with Gasteiger partial charge >= 0.3 is 0 Å². The molecule has 0 atom stereocenters. The lowest BCUT2D eigenvalue weighted by Crippen LogP contribution is -2.33. The molecule has 2 heterocycles. The number of carbonyl (C=O) groups excluding carboxylic acids is 1.